The molecule has 4 heterocycles. The Bertz CT molecular complexity index is 3100. The smallest absolute Gasteiger partial charge is 0.326 e. The molecular weight excluding hydrogens is 1370 g/mol. The summed E-state index contributed by atoms with van der Waals surface area (Å²) in [4.78, 5) is 237. The Morgan fingerprint density at radius 1 is 0.404 bits per heavy atom. The minimum Gasteiger partial charge on any atom is -0.480 e. The molecule has 0 aliphatic carbocycles. The SMILES string of the molecule is CC[C@H](C)[C@H](NC(=O)[C@@H]1CCCN1C(=O)[C@H](CCC(N)=O)NC(=O)[C@@H]1CCCN1C(=O)[C@@H](NC(=O)[C@H](CCC(N)=O)NC(=O)[C@H](CCC(N)=O)NC(=O)[C@H](CCSC)NC(=O)[C@H](CC(C)C)NC(=O)[C@@H]1CCCN1C(=O)[C@H](CCC(N)=O)NC(=O)[C@@H](N)CC(C)C)C(C)C)C(=O)N1CCC[C@H]1C(=O)O. The number of carboxylic acid groups (broad SMARTS) is 1. The molecule has 0 bridgehead atoms. The zero-order valence-electron chi connectivity index (χ0n) is 61.5. The quantitative estimate of drug-likeness (QED) is 0.0287. The predicted octanol–water partition coefficient (Wildman–Crippen LogP) is -3.15. The van der Waals surface area contributed by atoms with E-state index in [0.717, 1.165) is 0 Å². The molecule has 104 heavy (non-hydrogen) atoms. The Kier molecular flexibility index (Phi) is 35.7. The lowest BCUT2D eigenvalue weighted by molar-refractivity contribution is -0.150. The third-order valence-electron chi connectivity index (χ3n) is 19.2. The minimum atomic E-state index is -1.66. The molecule has 16 amide bonds. The van der Waals surface area contributed by atoms with Crippen molar-refractivity contribution in [3.63, 3.8) is 0 Å². The molecule has 4 aliphatic heterocycles. The topological polar surface area (TPSA) is 550 Å². The summed E-state index contributed by atoms with van der Waals surface area (Å²) >= 11 is 1.31. The summed E-state index contributed by atoms with van der Waals surface area (Å²) in [5.41, 5.74) is 28.1. The highest BCUT2D eigenvalue weighted by atomic mass is 32.2. The molecule has 4 fully saturated rings. The molecule has 0 aromatic carbocycles. The molecule has 0 spiro atoms. The summed E-state index contributed by atoms with van der Waals surface area (Å²) in [6.45, 7) is 14.3. The Hall–Kier alpha value is -8.70. The summed E-state index contributed by atoms with van der Waals surface area (Å²) in [5.74, 6) is -15.0. The van der Waals surface area contributed by atoms with Crippen LogP contribution in [0.3, 0.4) is 0 Å². The monoisotopic (exact) mass is 1490 g/mol. The number of carboxylic acids is 1. The molecule has 35 nitrogen and oxygen atoms in total. The van der Waals surface area contributed by atoms with Gasteiger partial charge in [0.2, 0.25) is 94.5 Å². The van der Waals surface area contributed by atoms with Crippen LogP contribution >= 0.6 is 11.8 Å². The summed E-state index contributed by atoms with van der Waals surface area (Å²) in [5, 5.41) is 31.0. The zero-order valence-corrected chi connectivity index (χ0v) is 62.3. The van der Waals surface area contributed by atoms with Crippen LogP contribution in [0.5, 0.6) is 0 Å². The van der Waals surface area contributed by atoms with E-state index < -0.39 is 217 Å². The maximum absolute atomic E-state index is 14.8. The van der Waals surface area contributed by atoms with Crippen LogP contribution in [0.25, 0.3) is 0 Å². The number of hydrogen-bond acceptors (Lipinski definition) is 19. The van der Waals surface area contributed by atoms with Crippen molar-refractivity contribution < 1.29 is 86.6 Å². The number of thioether (sulfide) groups is 1. The predicted molar refractivity (Wildman–Crippen MR) is 380 cm³/mol. The van der Waals surface area contributed by atoms with E-state index in [0.29, 0.717) is 32.1 Å². The molecular formula is C68H113N17O18S. The van der Waals surface area contributed by atoms with Gasteiger partial charge in [-0.05, 0) is 132 Å². The first-order chi connectivity index (χ1) is 48.9. The van der Waals surface area contributed by atoms with Crippen LogP contribution in [0.2, 0.25) is 0 Å². The first-order valence-corrected chi connectivity index (χ1v) is 37.6. The van der Waals surface area contributed by atoms with E-state index in [1.165, 1.54) is 31.4 Å². The van der Waals surface area contributed by atoms with Crippen molar-refractivity contribution in [1.82, 2.24) is 62.1 Å². The minimum absolute atomic E-state index is 0.0125. The van der Waals surface area contributed by atoms with E-state index >= 15 is 0 Å². The average molecular weight is 1490 g/mol. The first kappa shape index (κ1) is 87.7. The van der Waals surface area contributed by atoms with Crippen LogP contribution in [0.1, 0.15) is 184 Å². The fourth-order valence-electron chi connectivity index (χ4n) is 13.3. The number of primary amides is 4. The molecule has 0 unspecified atom stereocenters. The maximum Gasteiger partial charge on any atom is 0.326 e. The largest absolute Gasteiger partial charge is 0.480 e. The second-order valence-corrected chi connectivity index (χ2v) is 29.7. The number of carbonyl (C=O) groups is 17. The van der Waals surface area contributed by atoms with Gasteiger partial charge in [-0.2, -0.15) is 11.8 Å². The van der Waals surface area contributed by atoms with Gasteiger partial charge in [-0.1, -0.05) is 61.8 Å². The Morgan fingerprint density at radius 2 is 0.731 bits per heavy atom. The molecule has 0 saturated carbocycles. The lowest BCUT2D eigenvalue weighted by Gasteiger charge is -2.34. The Morgan fingerprint density at radius 3 is 1.12 bits per heavy atom. The van der Waals surface area contributed by atoms with E-state index in [1.807, 2.05) is 13.8 Å². The van der Waals surface area contributed by atoms with Gasteiger partial charge in [0.25, 0.3) is 0 Å². The van der Waals surface area contributed by atoms with Gasteiger partial charge in [-0.25, -0.2) is 4.79 Å². The molecule has 584 valence electrons. The van der Waals surface area contributed by atoms with Crippen LogP contribution in [-0.4, -0.2) is 242 Å². The number of rotatable bonds is 43. The molecule has 0 radical (unpaired) electrons. The average Bonchev–Trinajstić information content (AvgIpc) is 1.41. The lowest BCUT2D eigenvalue weighted by atomic mass is 9.96. The summed E-state index contributed by atoms with van der Waals surface area (Å²) in [6.07, 6.45) is 1.51. The number of aliphatic carboxylic acids is 1. The summed E-state index contributed by atoms with van der Waals surface area (Å²) in [7, 11) is 0. The van der Waals surface area contributed by atoms with E-state index in [-0.39, 0.29) is 114 Å². The third-order valence-corrected chi connectivity index (χ3v) is 19.8. The number of nitrogens with two attached hydrogens (primary N) is 5. The summed E-state index contributed by atoms with van der Waals surface area (Å²) in [6, 6.07) is -16.8. The van der Waals surface area contributed by atoms with Crippen LogP contribution < -0.4 is 71.2 Å². The van der Waals surface area contributed by atoms with Crippen LogP contribution in [0, 0.1) is 23.7 Å². The molecule has 36 heteroatoms. The number of nitrogens with one attached hydrogen (secondary N) is 8. The highest BCUT2D eigenvalue weighted by Crippen LogP contribution is 2.27. The Balaban J connectivity index is 1.54. The number of likely N-dealkylation sites (tertiary alicyclic amines) is 4. The number of hydrogen-bond donors (Lipinski definition) is 14. The van der Waals surface area contributed by atoms with Crippen molar-refractivity contribution in [2.24, 2.45) is 52.3 Å². The van der Waals surface area contributed by atoms with Gasteiger partial charge in [0.1, 0.15) is 72.5 Å². The molecule has 14 atom stereocenters. The van der Waals surface area contributed by atoms with Crippen molar-refractivity contribution >= 4 is 112 Å². The highest BCUT2D eigenvalue weighted by Gasteiger charge is 2.46. The van der Waals surface area contributed by atoms with Crippen molar-refractivity contribution in [1.29, 1.82) is 0 Å². The lowest BCUT2D eigenvalue weighted by Crippen LogP contribution is -2.61. The fourth-order valence-corrected chi connectivity index (χ4v) is 13.8. The van der Waals surface area contributed by atoms with Crippen molar-refractivity contribution in [3.05, 3.63) is 0 Å². The number of carbonyl (C=O) groups excluding carboxylic acids is 16. The van der Waals surface area contributed by atoms with E-state index in [4.69, 9.17) is 28.7 Å². The second-order valence-electron chi connectivity index (χ2n) is 28.7. The van der Waals surface area contributed by atoms with Gasteiger partial charge in [0.05, 0.1) is 6.04 Å². The zero-order chi connectivity index (χ0) is 78.0. The number of amides is 16. The molecule has 4 saturated heterocycles. The van der Waals surface area contributed by atoms with Gasteiger partial charge in [-0.3, -0.25) is 76.7 Å². The van der Waals surface area contributed by atoms with Gasteiger partial charge in [-0.15, -0.1) is 0 Å². The van der Waals surface area contributed by atoms with Crippen molar-refractivity contribution in [2.75, 3.05) is 38.2 Å². The maximum atomic E-state index is 14.8. The van der Waals surface area contributed by atoms with Gasteiger partial charge < -0.3 is 95.9 Å². The first-order valence-electron chi connectivity index (χ1n) is 36.2. The van der Waals surface area contributed by atoms with Crippen molar-refractivity contribution in [2.45, 2.75) is 262 Å². The molecule has 0 aromatic heterocycles. The van der Waals surface area contributed by atoms with Gasteiger partial charge >= 0.3 is 5.97 Å². The molecule has 4 aliphatic rings. The standard InChI is InChI=1S/C68H113N17O18S/c1-10-38(8)55(67(101)85-31-14-18-49(85)68(102)103)81-63(97)48-17-12-29-83(48)65(99)44(22-26-53(73)89)78-61(95)47-16-13-30-84(47)66(100)54(37(6)7)80-59(93)41(20-24-51(71)87)75-57(91)40(19-23-50(70)86)74-58(92)42(27-32-104-9)76-60(94)45(34-36(4)5)79-62(96)46-15-11-28-82(46)64(98)43(21-25-52(72)88)77-56(90)39(69)33-35(2)3/h35-49,54-55H,10-34,69H2,1-9H3,(H2,70,86)(H2,71,87)(H2,72,88)(H2,73,89)(H,74,92)(H,75,91)(H,76,94)(H,77,90)(H,78,95)(H,79,96)(H,80,93)(H,81,97)(H,102,103)/t38-,39-,40-,41-,42-,43-,44-,45-,46-,47-,48-,49-,54-,55-/m0/s1. The fraction of sp³-hybridized carbons (Fsp3) is 0.750. The third kappa shape index (κ3) is 26.5. The van der Waals surface area contributed by atoms with Gasteiger partial charge in [0, 0.05) is 51.9 Å². The highest BCUT2D eigenvalue weighted by molar-refractivity contribution is 7.98. The van der Waals surface area contributed by atoms with Crippen molar-refractivity contribution in [3.8, 4) is 0 Å². The second kappa shape index (κ2) is 42.3. The van der Waals surface area contributed by atoms with Gasteiger partial charge in [0.15, 0.2) is 0 Å². The molecule has 19 N–H and O–H groups in total. The molecule has 4 rings (SSSR count). The Labute approximate surface area is 611 Å². The van der Waals surface area contributed by atoms with Crippen LogP contribution in [0.4, 0.5) is 0 Å². The van der Waals surface area contributed by atoms with E-state index in [2.05, 4.69) is 42.5 Å². The van der Waals surface area contributed by atoms with E-state index in [9.17, 15) is 86.6 Å². The number of nitrogens with zero attached hydrogens (tertiary/aromatic N) is 4. The normalized spacial score (nSPS) is 20.2. The van der Waals surface area contributed by atoms with E-state index in [1.54, 1.807) is 47.8 Å². The van der Waals surface area contributed by atoms with Crippen LogP contribution in [-0.2, 0) is 81.5 Å². The molecule has 0 aromatic rings. The van der Waals surface area contributed by atoms with Crippen LogP contribution in [0.15, 0.2) is 0 Å². The summed E-state index contributed by atoms with van der Waals surface area (Å²) < 4.78 is 0.